The lowest BCUT2D eigenvalue weighted by atomic mass is 9.98. The van der Waals surface area contributed by atoms with Crippen molar-refractivity contribution >= 4 is 0 Å². The van der Waals surface area contributed by atoms with Crippen LogP contribution in [0.2, 0.25) is 0 Å². The Morgan fingerprint density at radius 1 is 1.44 bits per heavy atom. The van der Waals surface area contributed by atoms with Crippen molar-refractivity contribution in [2.45, 2.75) is 31.8 Å². The molecule has 0 aromatic rings. The minimum Gasteiger partial charge on any atom is -0.395 e. The lowest BCUT2D eigenvalue weighted by Crippen LogP contribution is -2.62. The number of hydrogen-bond donors (Lipinski definition) is 2. The molecule has 1 heterocycles. The van der Waals surface area contributed by atoms with Gasteiger partial charge in [0.1, 0.15) is 0 Å². The van der Waals surface area contributed by atoms with E-state index in [9.17, 15) is 5.11 Å². The van der Waals surface area contributed by atoms with E-state index in [1.165, 1.54) is 6.42 Å². The quantitative estimate of drug-likeness (QED) is 0.695. The summed E-state index contributed by atoms with van der Waals surface area (Å²) in [6.07, 6.45) is 1.17. The summed E-state index contributed by atoms with van der Waals surface area (Å²) in [6.45, 7) is 8.80. The average molecular weight is 229 g/mol. The van der Waals surface area contributed by atoms with Crippen molar-refractivity contribution in [1.82, 2.24) is 15.1 Å². The van der Waals surface area contributed by atoms with Crippen molar-refractivity contribution in [3.8, 4) is 0 Å². The van der Waals surface area contributed by atoms with Gasteiger partial charge in [0.15, 0.2) is 0 Å². The molecule has 2 N–H and O–H groups in total. The van der Waals surface area contributed by atoms with Gasteiger partial charge in [0, 0.05) is 24.7 Å². The number of nitrogens with zero attached hydrogens (tertiary/aromatic N) is 2. The molecule has 4 heteroatoms. The number of aliphatic hydroxyl groups is 1. The fourth-order valence-corrected chi connectivity index (χ4v) is 2.25. The zero-order chi connectivity index (χ0) is 12.2. The molecule has 4 nitrogen and oxygen atoms in total. The van der Waals surface area contributed by atoms with Gasteiger partial charge in [-0.3, -0.25) is 4.90 Å². The predicted octanol–water partition coefficient (Wildman–Crippen LogP) is -0.0172. The zero-order valence-corrected chi connectivity index (χ0v) is 11.2. The topological polar surface area (TPSA) is 38.7 Å². The van der Waals surface area contributed by atoms with Crippen LogP contribution in [0.1, 0.15) is 20.3 Å². The molecular formula is C12H27N3O. The molecule has 1 aliphatic rings. The molecule has 0 aliphatic carbocycles. The number of hydrogen-bond acceptors (Lipinski definition) is 4. The van der Waals surface area contributed by atoms with Crippen LogP contribution >= 0.6 is 0 Å². The van der Waals surface area contributed by atoms with Gasteiger partial charge in [-0.2, -0.15) is 0 Å². The van der Waals surface area contributed by atoms with E-state index in [-0.39, 0.29) is 18.2 Å². The number of piperazine rings is 1. The molecule has 16 heavy (non-hydrogen) atoms. The van der Waals surface area contributed by atoms with Crippen LogP contribution in [0.15, 0.2) is 0 Å². The molecular weight excluding hydrogens is 202 g/mol. The SMILES string of the molecule is CN(C)CCCN1CC(C)(C)NCC1CO. The molecule has 0 aromatic heterocycles. The van der Waals surface area contributed by atoms with E-state index >= 15 is 0 Å². The molecule has 1 rings (SSSR count). The van der Waals surface area contributed by atoms with Crippen molar-refractivity contribution in [3.63, 3.8) is 0 Å². The van der Waals surface area contributed by atoms with Crippen molar-refractivity contribution < 1.29 is 5.11 Å². The number of rotatable bonds is 5. The highest BCUT2D eigenvalue weighted by Crippen LogP contribution is 2.15. The summed E-state index contributed by atoms with van der Waals surface area (Å²) >= 11 is 0. The van der Waals surface area contributed by atoms with Gasteiger partial charge >= 0.3 is 0 Å². The highest BCUT2D eigenvalue weighted by molar-refractivity contribution is 4.91. The molecule has 0 spiro atoms. The molecule has 1 unspecified atom stereocenters. The van der Waals surface area contributed by atoms with E-state index in [1.807, 2.05) is 0 Å². The summed E-state index contributed by atoms with van der Waals surface area (Å²) in [4.78, 5) is 4.63. The van der Waals surface area contributed by atoms with Crippen LogP contribution in [-0.2, 0) is 0 Å². The summed E-state index contributed by atoms with van der Waals surface area (Å²) in [5.41, 5.74) is 0.170. The van der Waals surface area contributed by atoms with Crippen LogP contribution in [0.4, 0.5) is 0 Å². The molecule has 0 amide bonds. The third kappa shape index (κ3) is 4.37. The molecule has 1 atom stereocenters. The van der Waals surface area contributed by atoms with E-state index in [0.29, 0.717) is 0 Å². The fraction of sp³-hybridized carbons (Fsp3) is 1.00. The van der Waals surface area contributed by atoms with Crippen molar-refractivity contribution in [2.75, 3.05) is 46.9 Å². The Labute approximate surface area is 99.6 Å². The normalized spacial score (nSPS) is 26.2. The first-order valence-electron chi connectivity index (χ1n) is 6.19. The van der Waals surface area contributed by atoms with Crippen molar-refractivity contribution in [1.29, 1.82) is 0 Å². The van der Waals surface area contributed by atoms with Gasteiger partial charge in [0.25, 0.3) is 0 Å². The van der Waals surface area contributed by atoms with E-state index in [2.05, 4.69) is 43.1 Å². The minimum atomic E-state index is 0.170. The van der Waals surface area contributed by atoms with Crippen molar-refractivity contribution in [3.05, 3.63) is 0 Å². The molecule has 1 saturated heterocycles. The second-order valence-corrected chi connectivity index (χ2v) is 5.73. The zero-order valence-electron chi connectivity index (χ0n) is 11.2. The van der Waals surface area contributed by atoms with Gasteiger partial charge in [-0.15, -0.1) is 0 Å². The third-order valence-corrected chi connectivity index (χ3v) is 3.19. The fourth-order valence-electron chi connectivity index (χ4n) is 2.25. The van der Waals surface area contributed by atoms with Crippen molar-refractivity contribution in [2.24, 2.45) is 0 Å². The van der Waals surface area contributed by atoms with E-state index in [1.54, 1.807) is 0 Å². The number of aliphatic hydroxyl groups excluding tert-OH is 1. The smallest absolute Gasteiger partial charge is 0.0599 e. The van der Waals surface area contributed by atoms with Crippen LogP contribution in [0, 0.1) is 0 Å². The molecule has 1 aliphatic heterocycles. The molecule has 0 radical (unpaired) electrons. The predicted molar refractivity (Wildman–Crippen MR) is 67.7 cm³/mol. The van der Waals surface area contributed by atoms with Crippen LogP contribution in [0.5, 0.6) is 0 Å². The van der Waals surface area contributed by atoms with Crippen LogP contribution in [0.25, 0.3) is 0 Å². The number of nitrogens with one attached hydrogen (secondary N) is 1. The van der Waals surface area contributed by atoms with E-state index < -0.39 is 0 Å². The van der Waals surface area contributed by atoms with E-state index in [4.69, 9.17) is 0 Å². The molecule has 0 bridgehead atoms. The van der Waals surface area contributed by atoms with E-state index in [0.717, 1.165) is 26.2 Å². The first-order chi connectivity index (χ1) is 7.44. The molecule has 0 aromatic carbocycles. The van der Waals surface area contributed by atoms with Gasteiger partial charge in [0.2, 0.25) is 0 Å². The van der Waals surface area contributed by atoms with Gasteiger partial charge in [-0.1, -0.05) is 0 Å². The Morgan fingerprint density at radius 3 is 2.69 bits per heavy atom. The highest BCUT2D eigenvalue weighted by Gasteiger charge is 2.31. The maximum atomic E-state index is 9.35. The Morgan fingerprint density at radius 2 is 2.12 bits per heavy atom. The monoisotopic (exact) mass is 229 g/mol. The standard InChI is InChI=1S/C12H27N3O/c1-12(2)10-15(7-5-6-14(3)4)11(9-16)8-13-12/h11,13,16H,5-10H2,1-4H3. The second-order valence-electron chi connectivity index (χ2n) is 5.73. The summed E-state index contributed by atoms with van der Waals surface area (Å²) in [7, 11) is 4.20. The summed E-state index contributed by atoms with van der Waals surface area (Å²) in [6, 6.07) is 0.287. The lowest BCUT2D eigenvalue weighted by Gasteiger charge is -2.44. The van der Waals surface area contributed by atoms with Crippen LogP contribution in [0.3, 0.4) is 0 Å². The van der Waals surface area contributed by atoms with Crippen LogP contribution < -0.4 is 5.32 Å². The molecule has 1 fully saturated rings. The summed E-state index contributed by atoms with van der Waals surface area (Å²) in [5, 5.41) is 12.8. The third-order valence-electron chi connectivity index (χ3n) is 3.19. The van der Waals surface area contributed by atoms with Crippen LogP contribution in [-0.4, -0.2) is 73.4 Å². The lowest BCUT2D eigenvalue weighted by molar-refractivity contribution is 0.0550. The Bertz CT molecular complexity index is 206. The Hall–Kier alpha value is -0.160. The maximum Gasteiger partial charge on any atom is 0.0599 e. The average Bonchev–Trinajstić information content (AvgIpc) is 2.16. The molecule has 0 saturated carbocycles. The van der Waals surface area contributed by atoms with Gasteiger partial charge in [-0.05, 0) is 47.5 Å². The maximum absolute atomic E-state index is 9.35. The van der Waals surface area contributed by atoms with Gasteiger partial charge in [0.05, 0.1) is 6.61 Å². The summed E-state index contributed by atoms with van der Waals surface area (Å²) in [5.74, 6) is 0. The van der Waals surface area contributed by atoms with Gasteiger partial charge in [-0.25, -0.2) is 0 Å². The first kappa shape index (κ1) is 13.9. The Kier molecular flexibility index (Phi) is 5.18. The second kappa shape index (κ2) is 5.96. The summed E-state index contributed by atoms with van der Waals surface area (Å²) < 4.78 is 0. The largest absolute Gasteiger partial charge is 0.395 e. The highest BCUT2D eigenvalue weighted by atomic mass is 16.3. The van der Waals surface area contributed by atoms with Gasteiger partial charge < -0.3 is 15.3 Å². The first-order valence-corrected chi connectivity index (χ1v) is 6.19. The molecule has 96 valence electrons. The minimum absolute atomic E-state index is 0.170. The Balaban J connectivity index is 2.39.